The SMILES string of the molecule is C[C@H](NC(=S)Nc1ccc(NC(=O)c2nccc3ccccc23)cc1)c1ccc(F)cc1. The normalized spacial score (nSPS) is 11.6. The van der Waals surface area contributed by atoms with Gasteiger partial charge in [0.25, 0.3) is 5.91 Å². The molecule has 32 heavy (non-hydrogen) atoms. The van der Waals surface area contributed by atoms with E-state index < -0.39 is 0 Å². The summed E-state index contributed by atoms with van der Waals surface area (Å²) >= 11 is 5.38. The summed E-state index contributed by atoms with van der Waals surface area (Å²) in [6.07, 6.45) is 1.63. The molecular formula is C25H21FN4OS. The molecule has 4 aromatic rings. The van der Waals surface area contributed by atoms with E-state index in [-0.39, 0.29) is 17.8 Å². The highest BCUT2D eigenvalue weighted by Crippen LogP contribution is 2.19. The Morgan fingerprint density at radius 3 is 2.28 bits per heavy atom. The van der Waals surface area contributed by atoms with E-state index >= 15 is 0 Å². The number of halogens is 1. The van der Waals surface area contributed by atoms with Gasteiger partial charge in [-0.1, -0.05) is 36.4 Å². The van der Waals surface area contributed by atoms with Crippen LogP contribution in [-0.2, 0) is 0 Å². The van der Waals surface area contributed by atoms with E-state index in [1.54, 1.807) is 30.5 Å². The van der Waals surface area contributed by atoms with Gasteiger partial charge in [0, 0.05) is 23.0 Å². The van der Waals surface area contributed by atoms with Crippen molar-refractivity contribution < 1.29 is 9.18 Å². The average Bonchev–Trinajstić information content (AvgIpc) is 2.80. The topological polar surface area (TPSA) is 66.0 Å². The molecule has 0 spiro atoms. The number of carbonyl (C=O) groups excluding carboxylic acids is 1. The third-order valence-corrected chi connectivity index (χ3v) is 5.23. The summed E-state index contributed by atoms with van der Waals surface area (Å²) in [6, 6.07) is 22.9. The molecular weight excluding hydrogens is 423 g/mol. The number of carbonyl (C=O) groups is 1. The van der Waals surface area contributed by atoms with Gasteiger partial charge in [-0.3, -0.25) is 9.78 Å². The second kappa shape index (κ2) is 9.53. The molecule has 0 aliphatic heterocycles. The van der Waals surface area contributed by atoms with Crippen LogP contribution in [0.2, 0.25) is 0 Å². The van der Waals surface area contributed by atoms with E-state index in [0.29, 0.717) is 16.5 Å². The predicted molar refractivity (Wildman–Crippen MR) is 130 cm³/mol. The van der Waals surface area contributed by atoms with Gasteiger partial charge in [0.15, 0.2) is 5.11 Å². The number of amides is 1. The molecule has 1 aromatic heterocycles. The molecule has 1 amide bonds. The van der Waals surface area contributed by atoms with E-state index in [4.69, 9.17) is 12.2 Å². The quantitative estimate of drug-likeness (QED) is 0.346. The molecule has 0 bridgehead atoms. The minimum Gasteiger partial charge on any atom is -0.356 e. The molecule has 0 saturated heterocycles. The Morgan fingerprint density at radius 2 is 1.56 bits per heavy atom. The zero-order valence-electron chi connectivity index (χ0n) is 17.3. The monoisotopic (exact) mass is 444 g/mol. The number of pyridine rings is 1. The number of nitrogens with zero attached hydrogens (tertiary/aromatic N) is 1. The maximum atomic E-state index is 13.1. The third-order valence-electron chi connectivity index (χ3n) is 5.01. The highest BCUT2D eigenvalue weighted by atomic mass is 32.1. The van der Waals surface area contributed by atoms with Gasteiger partial charge in [-0.15, -0.1) is 0 Å². The van der Waals surface area contributed by atoms with Gasteiger partial charge < -0.3 is 16.0 Å². The maximum Gasteiger partial charge on any atom is 0.274 e. The molecule has 3 N–H and O–H groups in total. The second-order valence-electron chi connectivity index (χ2n) is 7.28. The van der Waals surface area contributed by atoms with Crippen molar-refractivity contribution in [1.29, 1.82) is 0 Å². The summed E-state index contributed by atoms with van der Waals surface area (Å²) in [5.41, 5.74) is 2.73. The summed E-state index contributed by atoms with van der Waals surface area (Å²) in [5.74, 6) is -0.544. The molecule has 7 heteroatoms. The van der Waals surface area contributed by atoms with Crippen molar-refractivity contribution in [3.8, 4) is 0 Å². The van der Waals surface area contributed by atoms with E-state index in [9.17, 15) is 9.18 Å². The van der Waals surface area contributed by atoms with Gasteiger partial charge in [-0.05, 0) is 72.6 Å². The zero-order valence-corrected chi connectivity index (χ0v) is 18.1. The highest BCUT2D eigenvalue weighted by molar-refractivity contribution is 7.80. The van der Waals surface area contributed by atoms with Crippen LogP contribution in [0.15, 0.2) is 85.1 Å². The van der Waals surface area contributed by atoms with Crippen LogP contribution in [0, 0.1) is 5.82 Å². The number of nitrogens with one attached hydrogen (secondary N) is 3. The number of thiocarbonyl (C=S) groups is 1. The molecule has 4 rings (SSSR count). The summed E-state index contributed by atoms with van der Waals surface area (Å²) in [6.45, 7) is 1.95. The maximum absolute atomic E-state index is 13.1. The lowest BCUT2D eigenvalue weighted by atomic mass is 10.1. The molecule has 0 radical (unpaired) electrons. The number of aromatic nitrogens is 1. The van der Waals surface area contributed by atoms with Crippen molar-refractivity contribution in [3.63, 3.8) is 0 Å². The Bertz CT molecular complexity index is 1250. The van der Waals surface area contributed by atoms with Crippen LogP contribution in [0.25, 0.3) is 10.8 Å². The van der Waals surface area contributed by atoms with Crippen LogP contribution in [0.4, 0.5) is 15.8 Å². The van der Waals surface area contributed by atoms with Crippen molar-refractivity contribution in [2.45, 2.75) is 13.0 Å². The molecule has 3 aromatic carbocycles. The molecule has 0 aliphatic carbocycles. The smallest absolute Gasteiger partial charge is 0.274 e. The Labute approximate surface area is 190 Å². The fraction of sp³-hybridized carbons (Fsp3) is 0.0800. The number of benzene rings is 3. The number of hydrogen-bond donors (Lipinski definition) is 3. The lowest BCUT2D eigenvalue weighted by Crippen LogP contribution is -2.30. The van der Waals surface area contributed by atoms with Gasteiger partial charge in [0.05, 0.1) is 6.04 Å². The largest absolute Gasteiger partial charge is 0.356 e. The van der Waals surface area contributed by atoms with Crippen LogP contribution in [-0.4, -0.2) is 16.0 Å². The molecule has 0 fully saturated rings. The van der Waals surface area contributed by atoms with E-state index in [0.717, 1.165) is 22.0 Å². The number of hydrogen-bond acceptors (Lipinski definition) is 3. The summed E-state index contributed by atoms with van der Waals surface area (Å²) in [4.78, 5) is 17.0. The fourth-order valence-corrected chi connectivity index (χ4v) is 3.62. The van der Waals surface area contributed by atoms with Gasteiger partial charge in [0.1, 0.15) is 11.5 Å². The summed E-state index contributed by atoms with van der Waals surface area (Å²) < 4.78 is 13.1. The highest BCUT2D eigenvalue weighted by Gasteiger charge is 2.12. The molecule has 1 atom stereocenters. The Hall–Kier alpha value is -3.84. The van der Waals surface area contributed by atoms with Crippen LogP contribution in [0.3, 0.4) is 0 Å². The summed E-state index contributed by atoms with van der Waals surface area (Å²) in [5, 5.41) is 11.4. The number of anilines is 2. The van der Waals surface area contributed by atoms with Crippen molar-refractivity contribution in [3.05, 3.63) is 102 Å². The zero-order chi connectivity index (χ0) is 22.5. The van der Waals surface area contributed by atoms with Crippen LogP contribution >= 0.6 is 12.2 Å². The first kappa shape index (κ1) is 21.4. The van der Waals surface area contributed by atoms with Crippen LogP contribution < -0.4 is 16.0 Å². The third kappa shape index (κ3) is 5.07. The fourth-order valence-electron chi connectivity index (χ4n) is 3.33. The molecule has 0 saturated carbocycles. The van der Waals surface area contributed by atoms with Gasteiger partial charge in [-0.25, -0.2) is 4.39 Å². The van der Waals surface area contributed by atoms with Crippen molar-refractivity contribution in [2.24, 2.45) is 0 Å². The standard InChI is InChI=1S/C25H21FN4OS/c1-16(17-6-8-19(26)9-7-17)28-25(32)30-21-12-10-20(11-13-21)29-24(31)23-22-5-3-2-4-18(22)14-15-27-23/h2-16H,1H3,(H,29,31)(H2,28,30,32)/t16-/m0/s1. The van der Waals surface area contributed by atoms with E-state index in [1.807, 2.05) is 49.4 Å². The lowest BCUT2D eigenvalue weighted by Gasteiger charge is -2.17. The molecule has 160 valence electrons. The van der Waals surface area contributed by atoms with Crippen molar-refractivity contribution in [2.75, 3.05) is 10.6 Å². The Balaban J connectivity index is 1.37. The Morgan fingerprint density at radius 1 is 0.906 bits per heavy atom. The van der Waals surface area contributed by atoms with Crippen LogP contribution in [0.5, 0.6) is 0 Å². The van der Waals surface area contributed by atoms with Gasteiger partial charge in [0.2, 0.25) is 0 Å². The minimum atomic E-state index is -0.273. The molecule has 0 aliphatic rings. The molecule has 1 heterocycles. The first-order chi connectivity index (χ1) is 15.5. The minimum absolute atomic E-state index is 0.0812. The van der Waals surface area contributed by atoms with Gasteiger partial charge >= 0.3 is 0 Å². The van der Waals surface area contributed by atoms with Crippen molar-refractivity contribution in [1.82, 2.24) is 10.3 Å². The van der Waals surface area contributed by atoms with Crippen LogP contribution in [0.1, 0.15) is 29.0 Å². The second-order valence-corrected chi connectivity index (χ2v) is 7.69. The van der Waals surface area contributed by atoms with Crippen molar-refractivity contribution >= 4 is 45.4 Å². The van der Waals surface area contributed by atoms with E-state index in [2.05, 4.69) is 20.9 Å². The first-order valence-electron chi connectivity index (χ1n) is 10.1. The lowest BCUT2D eigenvalue weighted by molar-refractivity contribution is 0.102. The number of fused-ring (bicyclic) bond motifs is 1. The summed E-state index contributed by atoms with van der Waals surface area (Å²) in [7, 11) is 0. The average molecular weight is 445 g/mol. The molecule has 5 nitrogen and oxygen atoms in total. The van der Waals surface area contributed by atoms with E-state index in [1.165, 1.54) is 12.1 Å². The first-order valence-corrected chi connectivity index (χ1v) is 10.5. The number of rotatable bonds is 5. The Kier molecular flexibility index (Phi) is 6.37. The molecule has 0 unspecified atom stereocenters. The predicted octanol–water partition coefficient (Wildman–Crippen LogP) is 5.67. The van der Waals surface area contributed by atoms with Gasteiger partial charge in [-0.2, -0.15) is 0 Å².